The summed E-state index contributed by atoms with van der Waals surface area (Å²) in [7, 11) is 0. The van der Waals surface area contributed by atoms with Crippen LogP contribution in [0.1, 0.15) is 46.5 Å². The molecule has 1 saturated carbocycles. The van der Waals surface area contributed by atoms with Gasteiger partial charge in [0.1, 0.15) is 0 Å². The molecule has 1 aliphatic carbocycles. The third-order valence-electron chi connectivity index (χ3n) is 2.33. The molecule has 13 heavy (non-hydrogen) atoms. The van der Waals surface area contributed by atoms with Crippen molar-refractivity contribution in [2.45, 2.75) is 51.3 Å². The first kappa shape index (κ1) is 11.1. The Morgan fingerprint density at radius 2 is 2.00 bits per heavy atom. The number of alkyl halides is 1. The molecule has 1 aliphatic rings. The number of hydrogen-bond acceptors (Lipinski definition) is 0. The fourth-order valence-corrected chi connectivity index (χ4v) is 2.45. The fraction of sp³-hybridized carbons (Fsp3) is 0.833. The van der Waals surface area contributed by atoms with Crippen LogP contribution < -0.4 is 0 Å². The summed E-state index contributed by atoms with van der Waals surface area (Å²) < 4.78 is 0. The van der Waals surface area contributed by atoms with E-state index in [1.165, 1.54) is 19.3 Å². The average Bonchev–Trinajstić information content (AvgIpc) is 2.33. The Morgan fingerprint density at radius 3 is 2.46 bits per heavy atom. The molecule has 0 aliphatic heterocycles. The lowest BCUT2D eigenvalue weighted by Gasteiger charge is -2.08. The van der Waals surface area contributed by atoms with Crippen molar-refractivity contribution < 1.29 is 0 Å². The van der Waals surface area contributed by atoms with Gasteiger partial charge in [-0.3, -0.25) is 0 Å². The van der Waals surface area contributed by atoms with Gasteiger partial charge in [0.25, 0.3) is 0 Å². The third-order valence-corrected chi connectivity index (χ3v) is 3.16. The summed E-state index contributed by atoms with van der Waals surface area (Å²) in [5.41, 5.74) is 0.173. The van der Waals surface area contributed by atoms with Crippen LogP contribution in [-0.4, -0.2) is 4.83 Å². The Morgan fingerprint density at radius 1 is 1.31 bits per heavy atom. The minimum Gasteiger partial charge on any atom is -0.102 e. The largest absolute Gasteiger partial charge is 0.102 e. The molecule has 0 nitrogen and oxygen atoms in total. The molecular formula is C12H19Br. The summed E-state index contributed by atoms with van der Waals surface area (Å²) in [5, 5.41) is 0. The van der Waals surface area contributed by atoms with Crippen molar-refractivity contribution in [2.75, 3.05) is 0 Å². The topological polar surface area (TPSA) is 0 Å². The zero-order chi connectivity index (χ0) is 9.90. The van der Waals surface area contributed by atoms with Gasteiger partial charge < -0.3 is 0 Å². The Kier molecular flexibility index (Phi) is 3.86. The second-order valence-corrected chi connectivity index (χ2v) is 6.33. The summed E-state index contributed by atoms with van der Waals surface area (Å²) in [6, 6.07) is 0. The molecule has 0 radical (unpaired) electrons. The van der Waals surface area contributed by atoms with Gasteiger partial charge in [-0.1, -0.05) is 21.9 Å². The molecule has 0 aromatic rings. The third kappa shape index (κ3) is 4.72. The van der Waals surface area contributed by atoms with Crippen molar-refractivity contribution in [3.8, 4) is 11.8 Å². The smallest absolute Gasteiger partial charge is 0.0230 e. The van der Waals surface area contributed by atoms with Crippen LogP contribution in [-0.2, 0) is 0 Å². The van der Waals surface area contributed by atoms with Gasteiger partial charge in [-0.25, -0.2) is 0 Å². The van der Waals surface area contributed by atoms with Crippen LogP contribution in [0.5, 0.6) is 0 Å². The van der Waals surface area contributed by atoms with Crippen LogP contribution in [0.4, 0.5) is 0 Å². The molecule has 0 saturated heterocycles. The highest BCUT2D eigenvalue weighted by atomic mass is 79.9. The first-order valence-corrected chi connectivity index (χ1v) is 6.03. The monoisotopic (exact) mass is 242 g/mol. The molecule has 2 atom stereocenters. The predicted octanol–water partition coefficient (Wildman–Crippen LogP) is 3.99. The minimum absolute atomic E-state index is 0.173. The quantitative estimate of drug-likeness (QED) is 0.482. The zero-order valence-corrected chi connectivity index (χ0v) is 10.4. The zero-order valence-electron chi connectivity index (χ0n) is 8.86. The van der Waals surface area contributed by atoms with Gasteiger partial charge in [0, 0.05) is 16.7 Å². The molecule has 1 rings (SSSR count). The van der Waals surface area contributed by atoms with E-state index in [4.69, 9.17) is 0 Å². The van der Waals surface area contributed by atoms with Crippen LogP contribution >= 0.6 is 15.9 Å². The number of halogens is 1. The van der Waals surface area contributed by atoms with Gasteiger partial charge in [0.15, 0.2) is 0 Å². The van der Waals surface area contributed by atoms with Crippen molar-refractivity contribution >= 4 is 15.9 Å². The Labute approximate surface area is 90.6 Å². The molecule has 0 heterocycles. The Bertz CT molecular complexity index is 214. The molecule has 2 unspecified atom stereocenters. The van der Waals surface area contributed by atoms with Crippen LogP contribution in [0, 0.1) is 23.2 Å². The van der Waals surface area contributed by atoms with Gasteiger partial charge in [-0.2, -0.15) is 0 Å². The van der Waals surface area contributed by atoms with E-state index in [2.05, 4.69) is 48.5 Å². The summed E-state index contributed by atoms with van der Waals surface area (Å²) >= 11 is 3.66. The summed E-state index contributed by atoms with van der Waals surface area (Å²) in [6.45, 7) is 6.51. The van der Waals surface area contributed by atoms with Crippen molar-refractivity contribution in [3.05, 3.63) is 0 Å². The standard InChI is InChI=1S/C12H19Br/c1-12(2,3)8-4-5-10-6-7-11(13)9-10/h10-11H,5-7,9H2,1-3H3. The van der Waals surface area contributed by atoms with E-state index in [1.54, 1.807) is 0 Å². The van der Waals surface area contributed by atoms with Gasteiger partial charge in [-0.05, 0) is 46.0 Å². The van der Waals surface area contributed by atoms with E-state index in [0.717, 1.165) is 17.2 Å². The SMILES string of the molecule is CC(C)(C)C#CCC1CCC(Br)C1. The van der Waals surface area contributed by atoms with Crippen molar-refractivity contribution in [1.82, 2.24) is 0 Å². The molecule has 74 valence electrons. The Hall–Kier alpha value is 0.0400. The lowest BCUT2D eigenvalue weighted by Crippen LogP contribution is -2.00. The van der Waals surface area contributed by atoms with Crippen LogP contribution in [0.3, 0.4) is 0 Å². The minimum atomic E-state index is 0.173. The molecule has 0 spiro atoms. The molecule has 1 heteroatoms. The maximum atomic E-state index is 3.66. The molecule has 0 amide bonds. The Balaban J connectivity index is 2.29. The maximum absolute atomic E-state index is 3.66. The van der Waals surface area contributed by atoms with E-state index in [9.17, 15) is 0 Å². The highest BCUT2D eigenvalue weighted by molar-refractivity contribution is 9.09. The lowest BCUT2D eigenvalue weighted by atomic mass is 9.96. The molecular weight excluding hydrogens is 224 g/mol. The normalized spacial score (nSPS) is 28.3. The van der Waals surface area contributed by atoms with Crippen LogP contribution in [0.25, 0.3) is 0 Å². The van der Waals surface area contributed by atoms with E-state index in [1.807, 2.05) is 0 Å². The van der Waals surface area contributed by atoms with E-state index in [-0.39, 0.29) is 5.41 Å². The average molecular weight is 243 g/mol. The summed E-state index contributed by atoms with van der Waals surface area (Å²) in [6.07, 6.45) is 5.11. The fourth-order valence-electron chi connectivity index (χ4n) is 1.66. The lowest BCUT2D eigenvalue weighted by molar-refractivity contribution is 0.554. The van der Waals surface area contributed by atoms with Crippen molar-refractivity contribution in [1.29, 1.82) is 0 Å². The highest BCUT2D eigenvalue weighted by Gasteiger charge is 2.21. The first-order chi connectivity index (χ1) is 5.97. The van der Waals surface area contributed by atoms with Crippen LogP contribution in [0.2, 0.25) is 0 Å². The van der Waals surface area contributed by atoms with Gasteiger partial charge in [-0.15, -0.1) is 5.92 Å². The van der Waals surface area contributed by atoms with Gasteiger partial charge >= 0.3 is 0 Å². The second-order valence-electron chi connectivity index (χ2n) is 5.03. The first-order valence-electron chi connectivity index (χ1n) is 5.11. The second kappa shape index (κ2) is 4.51. The number of rotatable bonds is 1. The molecule has 0 aromatic carbocycles. The van der Waals surface area contributed by atoms with Gasteiger partial charge in [0.2, 0.25) is 0 Å². The van der Waals surface area contributed by atoms with Gasteiger partial charge in [0.05, 0.1) is 0 Å². The van der Waals surface area contributed by atoms with E-state index >= 15 is 0 Å². The highest BCUT2D eigenvalue weighted by Crippen LogP contribution is 2.32. The van der Waals surface area contributed by atoms with Crippen LogP contribution in [0.15, 0.2) is 0 Å². The predicted molar refractivity (Wildman–Crippen MR) is 61.9 cm³/mol. The van der Waals surface area contributed by atoms with Crippen molar-refractivity contribution in [3.63, 3.8) is 0 Å². The molecule has 0 aromatic heterocycles. The molecule has 1 fully saturated rings. The van der Waals surface area contributed by atoms with E-state index < -0.39 is 0 Å². The molecule has 0 N–H and O–H groups in total. The summed E-state index contributed by atoms with van der Waals surface area (Å²) in [5.74, 6) is 7.46. The number of hydrogen-bond donors (Lipinski definition) is 0. The van der Waals surface area contributed by atoms with Crippen molar-refractivity contribution in [2.24, 2.45) is 11.3 Å². The van der Waals surface area contributed by atoms with E-state index in [0.29, 0.717) is 0 Å². The summed E-state index contributed by atoms with van der Waals surface area (Å²) in [4.78, 5) is 0.758. The molecule has 0 bridgehead atoms. The maximum Gasteiger partial charge on any atom is 0.0230 e.